The molecule has 0 saturated heterocycles. The molecule has 0 saturated carbocycles. The summed E-state index contributed by atoms with van der Waals surface area (Å²) >= 11 is 0. The second-order valence-corrected chi connectivity index (χ2v) is 5.32. The number of nitrogens with one attached hydrogen (secondary N) is 1. The van der Waals surface area contributed by atoms with Crippen LogP contribution in [0.3, 0.4) is 0 Å². The number of amides is 1. The van der Waals surface area contributed by atoms with Crippen molar-refractivity contribution in [3.8, 4) is 11.5 Å². The van der Waals surface area contributed by atoms with E-state index in [0.29, 0.717) is 36.6 Å². The maximum atomic E-state index is 11.9. The molecule has 0 aliphatic rings. The first kappa shape index (κ1) is 16.7. The predicted molar refractivity (Wildman–Crippen MR) is 91.7 cm³/mol. The standard InChI is InChI=1S/C18H22N2O3/c1-2-10-23-17-8-6-13(11-16(17)19)7-9-18(22)20-14-4-3-5-15(21)12-14/h3-6,8,11-12,21H,2,7,9-10,19H2,1H3,(H,20,22). The maximum absolute atomic E-state index is 11.9. The lowest BCUT2D eigenvalue weighted by atomic mass is 10.1. The Morgan fingerprint density at radius 1 is 1.26 bits per heavy atom. The second-order valence-electron chi connectivity index (χ2n) is 5.32. The molecule has 2 rings (SSSR count). The highest BCUT2D eigenvalue weighted by Crippen LogP contribution is 2.23. The normalized spacial score (nSPS) is 10.3. The number of aryl methyl sites for hydroxylation is 1. The number of ether oxygens (including phenoxy) is 1. The molecule has 0 bridgehead atoms. The molecule has 2 aromatic rings. The number of hydrogen-bond donors (Lipinski definition) is 3. The number of phenolic OH excluding ortho intramolecular Hbond substituents is 1. The van der Waals surface area contributed by atoms with Gasteiger partial charge in [-0.25, -0.2) is 0 Å². The minimum atomic E-state index is -0.111. The number of hydrogen-bond acceptors (Lipinski definition) is 4. The number of rotatable bonds is 7. The van der Waals surface area contributed by atoms with Crippen molar-refractivity contribution in [3.63, 3.8) is 0 Å². The minimum absolute atomic E-state index is 0.111. The van der Waals surface area contributed by atoms with Crippen LogP contribution >= 0.6 is 0 Å². The Morgan fingerprint density at radius 3 is 2.78 bits per heavy atom. The van der Waals surface area contributed by atoms with E-state index in [4.69, 9.17) is 10.5 Å². The van der Waals surface area contributed by atoms with Gasteiger partial charge in [0.2, 0.25) is 5.91 Å². The van der Waals surface area contributed by atoms with Crippen LogP contribution in [0.1, 0.15) is 25.3 Å². The summed E-state index contributed by atoms with van der Waals surface area (Å²) in [5.41, 5.74) is 8.11. The lowest BCUT2D eigenvalue weighted by Crippen LogP contribution is -2.12. The van der Waals surface area contributed by atoms with Gasteiger partial charge in [0, 0.05) is 18.2 Å². The summed E-state index contributed by atoms with van der Waals surface area (Å²) in [4.78, 5) is 11.9. The number of carbonyl (C=O) groups is 1. The van der Waals surface area contributed by atoms with E-state index in [1.54, 1.807) is 18.2 Å². The van der Waals surface area contributed by atoms with Gasteiger partial charge in [-0.15, -0.1) is 0 Å². The maximum Gasteiger partial charge on any atom is 0.224 e. The van der Waals surface area contributed by atoms with Gasteiger partial charge in [0.1, 0.15) is 11.5 Å². The van der Waals surface area contributed by atoms with E-state index in [-0.39, 0.29) is 11.7 Å². The predicted octanol–water partition coefficient (Wildman–Crippen LogP) is 3.33. The van der Waals surface area contributed by atoms with Crippen LogP contribution in [0.15, 0.2) is 42.5 Å². The highest BCUT2D eigenvalue weighted by Gasteiger charge is 2.06. The zero-order valence-electron chi connectivity index (χ0n) is 13.2. The Balaban J connectivity index is 1.87. The number of carbonyl (C=O) groups excluding carboxylic acids is 1. The van der Waals surface area contributed by atoms with E-state index in [0.717, 1.165) is 12.0 Å². The van der Waals surface area contributed by atoms with Crippen molar-refractivity contribution >= 4 is 17.3 Å². The topological polar surface area (TPSA) is 84.6 Å². The van der Waals surface area contributed by atoms with Crippen LogP contribution in [-0.2, 0) is 11.2 Å². The molecule has 0 fully saturated rings. The molecular weight excluding hydrogens is 292 g/mol. The third-order valence-electron chi connectivity index (χ3n) is 3.31. The van der Waals surface area contributed by atoms with E-state index >= 15 is 0 Å². The Hall–Kier alpha value is -2.69. The van der Waals surface area contributed by atoms with Crippen molar-refractivity contribution in [2.24, 2.45) is 0 Å². The molecule has 0 aliphatic heterocycles. The lowest BCUT2D eigenvalue weighted by Gasteiger charge is -2.10. The molecule has 0 atom stereocenters. The van der Waals surface area contributed by atoms with Crippen LogP contribution in [0.25, 0.3) is 0 Å². The van der Waals surface area contributed by atoms with Gasteiger partial charge in [-0.3, -0.25) is 4.79 Å². The average molecular weight is 314 g/mol. The van der Waals surface area contributed by atoms with Crippen molar-refractivity contribution < 1.29 is 14.6 Å². The summed E-state index contributed by atoms with van der Waals surface area (Å²) in [6.07, 6.45) is 1.85. The van der Waals surface area contributed by atoms with E-state index in [1.165, 1.54) is 6.07 Å². The highest BCUT2D eigenvalue weighted by atomic mass is 16.5. The van der Waals surface area contributed by atoms with Gasteiger partial charge < -0.3 is 20.9 Å². The van der Waals surface area contributed by atoms with Gasteiger partial charge in [0.25, 0.3) is 0 Å². The Bertz CT molecular complexity index is 671. The summed E-state index contributed by atoms with van der Waals surface area (Å²) in [6, 6.07) is 12.1. The second kappa shape index (κ2) is 8.08. The van der Waals surface area contributed by atoms with E-state index in [2.05, 4.69) is 5.32 Å². The zero-order valence-corrected chi connectivity index (χ0v) is 13.2. The highest BCUT2D eigenvalue weighted by molar-refractivity contribution is 5.91. The summed E-state index contributed by atoms with van der Waals surface area (Å²) < 4.78 is 5.53. The summed E-state index contributed by atoms with van der Waals surface area (Å²) in [7, 11) is 0. The Labute approximate surface area is 136 Å². The fraction of sp³-hybridized carbons (Fsp3) is 0.278. The van der Waals surface area contributed by atoms with Gasteiger partial charge >= 0.3 is 0 Å². The molecule has 0 heterocycles. The summed E-state index contributed by atoms with van der Waals surface area (Å²) in [6.45, 7) is 2.67. The van der Waals surface area contributed by atoms with Crippen molar-refractivity contribution in [1.29, 1.82) is 0 Å². The first-order chi connectivity index (χ1) is 11.1. The Morgan fingerprint density at radius 2 is 2.09 bits per heavy atom. The molecule has 0 unspecified atom stereocenters. The van der Waals surface area contributed by atoms with Crippen LogP contribution in [0.5, 0.6) is 11.5 Å². The molecule has 5 heteroatoms. The molecule has 0 aliphatic carbocycles. The first-order valence-electron chi connectivity index (χ1n) is 7.68. The Kier molecular flexibility index (Phi) is 5.86. The number of benzene rings is 2. The van der Waals surface area contributed by atoms with Gasteiger partial charge in [-0.2, -0.15) is 0 Å². The van der Waals surface area contributed by atoms with Crippen LogP contribution in [0.2, 0.25) is 0 Å². The van der Waals surface area contributed by atoms with Crippen LogP contribution in [-0.4, -0.2) is 17.6 Å². The number of nitrogen functional groups attached to an aromatic ring is 1. The zero-order chi connectivity index (χ0) is 16.7. The molecule has 122 valence electrons. The molecule has 1 amide bonds. The minimum Gasteiger partial charge on any atom is -0.508 e. The molecule has 0 aromatic heterocycles. The van der Waals surface area contributed by atoms with Crippen LogP contribution < -0.4 is 15.8 Å². The largest absolute Gasteiger partial charge is 0.508 e. The molecule has 23 heavy (non-hydrogen) atoms. The van der Waals surface area contributed by atoms with Gasteiger partial charge in [-0.05, 0) is 42.7 Å². The molecular formula is C18H22N2O3. The van der Waals surface area contributed by atoms with Gasteiger partial charge in [0.05, 0.1) is 12.3 Å². The third kappa shape index (κ3) is 5.21. The van der Waals surface area contributed by atoms with Gasteiger partial charge in [-0.1, -0.05) is 19.1 Å². The van der Waals surface area contributed by atoms with E-state index in [1.807, 2.05) is 25.1 Å². The summed E-state index contributed by atoms with van der Waals surface area (Å²) in [5, 5.41) is 12.1. The fourth-order valence-electron chi connectivity index (χ4n) is 2.16. The van der Waals surface area contributed by atoms with E-state index < -0.39 is 0 Å². The third-order valence-corrected chi connectivity index (χ3v) is 3.31. The lowest BCUT2D eigenvalue weighted by molar-refractivity contribution is -0.116. The number of nitrogens with two attached hydrogens (primary N) is 1. The molecule has 2 aromatic carbocycles. The number of phenols is 1. The van der Waals surface area contributed by atoms with Crippen molar-refractivity contribution in [2.75, 3.05) is 17.7 Å². The van der Waals surface area contributed by atoms with Crippen molar-refractivity contribution in [2.45, 2.75) is 26.2 Å². The molecule has 0 spiro atoms. The van der Waals surface area contributed by atoms with Crippen LogP contribution in [0.4, 0.5) is 11.4 Å². The average Bonchev–Trinajstić information content (AvgIpc) is 2.52. The number of anilines is 2. The first-order valence-corrected chi connectivity index (χ1v) is 7.68. The smallest absolute Gasteiger partial charge is 0.224 e. The summed E-state index contributed by atoms with van der Waals surface area (Å²) in [5.74, 6) is 0.693. The molecule has 4 N–H and O–H groups in total. The van der Waals surface area contributed by atoms with Crippen molar-refractivity contribution in [3.05, 3.63) is 48.0 Å². The molecule has 0 radical (unpaired) electrons. The monoisotopic (exact) mass is 314 g/mol. The van der Waals surface area contributed by atoms with E-state index in [9.17, 15) is 9.90 Å². The SMILES string of the molecule is CCCOc1ccc(CCC(=O)Nc2cccc(O)c2)cc1N. The molecule has 5 nitrogen and oxygen atoms in total. The number of aromatic hydroxyl groups is 1. The quantitative estimate of drug-likeness (QED) is 0.684. The van der Waals surface area contributed by atoms with Crippen LogP contribution in [0, 0.1) is 0 Å². The van der Waals surface area contributed by atoms with Gasteiger partial charge in [0.15, 0.2) is 0 Å². The fourth-order valence-corrected chi connectivity index (χ4v) is 2.16. The van der Waals surface area contributed by atoms with Crippen molar-refractivity contribution in [1.82, 2.24) is 0 Å².